The Morgan fingerprint density at radius 2 is 1.95 bits per heavy atom. The molecular weight excluding hydrogens is 246 g/mol. The van der Waals surface area contributed by atoms with Crippen LogP contribution in [-0.2, 0) is 19.1 Å². The van der Waals surface area contributed by atoms with Crippen molar-refractivity contribution >= 4 is 11.8 Å². The van der Waals surface area contributed by atoms with Crippen LogP contribution >= 0.6 is 0 Å². The molecule has 5 heteroatoms. The van der Waals surface area contributed by atoms with E-state index in [1.54, 1.807) is 7.11 Å². The van der Waals surface area contributed by atoms with E-state index in [9.17, 15) is 9.59 Å². The summed E-state index contributed by atoms with van der Waals surface area (Å²) in [6.45, 7) is 2.28. The maximum absolute atomic E-state index is 12.6. The Morgan fingerprint density at radius 1 is 1.26 bits per heavy atom. The van der Waals surface area contributed by atoms with Gasteiger partial charge in [-0.15, -0.1) is 0 Å². The molecule has 0 aromatic carbocycles. The molecule has 0 amide bonds. The van der Waals surface area contributed by atoms with Gasteiger partial charge in [-0.25, -0.2) is 0 Å². The zero-order valence-electron chi connectivity index (χ0n) is 11.4. The molecule has 2 bridgehead atoms. The van der Waals surface area contributed by atoms with Gasteiger partial charge in [-0.1, -0.05) is 0 Å². The number of rotatable bonds is 5. The fraction of sp³-hybridized carbons (Fsp3) is 0.857. The van der Waals surface area contributed by atoms with E-state index in [0.29, 0.717) is 6.61 Å². The molecule has 3 saturated heterocycles. The SMILES string of the molecule is COCC1(COC(=O)C2CC2)C(=O)C2CCN1CC2. The molecule has 1 unspecified atom stereocenters. The van der Waals surface area contributed by atoms with Crippen molar-refractivity contribution in [2.75, 3.05) is 33.4 Å². The highest BCUT2D eigenvalue weighted by Gasteiger charge is 2.54. The largest absolute Gasteiger partial charge is 0.463 e. The molecule has 4 fully saturated rings. The summed E-state index contributed by atoms with van der Waals surface area (Å²) >= 11 is 0. The van der Waals surface area contributed by atoms with E-state index in [-0.39, 0.29) is 30.2 Å². The molecule has 3 heterocycles. The molecule has 0 aromatic rings. The third-order valence-corrected chi connectivity index (χ3v) is 4.68. The number of methoxy groups -OCH3 is 1. The molecular formula is C14H21NO4. The average molecular weight is 267 g/mol. The molecule has 0 radical (unpaired) electrons. The van der Waals surface area contributed by atoms with E-state index in [2.05, 4.69) is 4.90 Å². The van der Waals surface area contributed by atoms with Gasteiger partial charge in [0.15, 0.2) is 5.78 Å². The molecule has 4 aliphatic rings. The maximum atomic E-state index is 12.6. The number of hydrogen-bond acceptors (Lipinski definition) is 5. The molecule has 5 nitrogen and oxygen atoms in total. The van der Waals surface area contributed by atoms with Crippen molar-refractivity contribution in [3.63, 3.8) is 0 Å². The highest BCUT2D eigenvalue weighted by molar-refractivity contribution is 5.92. The van der Waals surface area contributed by atoms with Crippen molar-refractivity contribution in [2.45, 2.75) is 31.2 Å². The molecule has 3 aliphatic heterocycles. The van der Waals surface area contributed by atoms with Crippen molar-refractivity contribution in [2.24, 2.45) is 11.8 Å². The molecule has 1 atom stereocenters. The van der Waals surface area contributed by atoms with Crippen LogP contribution in [0.25, 0.3) is 0 Å². The number of hydrogen-bond donors (Lipinski definition) is 0. The lowest BCUT2D eigenvalue weighted by atomic mass is 9.74. The van der Waals surface area contributed by atoms with Gasteiger partial charge in [-0.05, 0) is 25.7 Å². The van der Waals surface area contributed by atoms with Crippen LogP contribution in [0.4, 0.5) is 0 Å². The number of esters is 1. The van der Waals surface area contributed by atoms with Gasteiger partial charge in [0.1, 0.15) is 12.1 Å². The lowest BCUT2D eigenvalue weighted by Gasteiger charge is -2.51. The van der Waals surface area contributed by atoms with Crippen molar-refractivity contribution in [3.05, 3.63) is 0 Å². The van der Waals surface area contributed by atoms with E-state index in [4.69, 9.17) is 9.47 Å². The van der Waals surface area contributed by atoms with Gasteiger partial charge in [0.25, 0.3) is 0 Å². The highest BCUT2D eigenvalue weighted by Crippen LogP contribution is 2.37. The monoisotopic (exact) mass is 267 g/mol. The standard InChI is InChI=1S/C14H21NO4/c1-18-8-14(9-19-13(17)11-2-3-11)12(16)10-4-6-15(14)7-5-10/h10-11H,2-9H2,1H3. The highest BCUT2D eigenvalue weighted by atomic mass is 16.5. The first-order chi connectivity index (χ1) is 9.17. The zero-order valence-corrected chi connectivity index (χ0v) is 11.4. The predicted molar refractivity (Wildman–Crippen MR) is 67.6 cm³/mol. The predicted octanol–water partition coefficient (Wildman–Crippen LogP) is 0.620. The van der Waals surface area contributed by atoms with Crippen LogP contribution in [0.5, 0.6) is 0 Å². The van der Waals surface area contributed by atoms with Crippen molar-refractivity contribution in [1.82, 2.24) is 4.90 Å². The smallest absolute Gasteiger partial charge is 0.309 e. The number of ether oxygens (including phenoxy) is 2. The Hall–Kier alpha value is -0.940. The number of carbonyl (C=O) groups is 2. The van der Waals surface area contributed by atoms with Crippen molar-refractivity contribution in [3.8, 4) is 0 Å². The number of piperidine rings is 3. The van der Waals surface area contributed by atoms with Crippen molar-refractivity contribution in [1.29, 1.82) is 0 Å². The molecule has 106 valence electrons. The average Bonchev–Trinajstić information content (AvgIpc) is 3.26. The number of ketones is 1. The van der Waals surface area contributed by atoms with Crippen LogP contribution < -0.4 is 0 Å². The minimum Gasteiger partial charge on any atom is -0.463 e. The minimum absolute atomic E-state index is 0.0745. The van der Waals surface area contributed by atoms with Crippen molar-refractivity contribution < 1.29 is 19.1 Å². The van der Waals surface area contributed by atoms with Gasteiger partial charge in [0.05, 0.1) is 12.5 Å². The third-order valence-electron chi connectivity index (χ3n) is 4.68. The quantitative estimate of drug-likeness (QED) is 0.683. The molecule has 0 N–H and O–H groups in total. The molecule has 0 spiro atoms. The summed E-state index contributed by atoms with van der Waals surface area (Å²) in [5.74, 6) is 0.256. The van der Waals surface area contributed by atoms with Crippen LogP contribution in [0.15, 0.2) is 0 Å². The molecule has 1 saturated carbocycles. The van der Waals surface area contributed by atoms with E-state index in [0.717, 1.165) is 38.8 Å². The van der Waals surface area contributed by atoms with E-state index in [1.807, 2.05) is 0 Å². The Kier molecular flexibility index (Phi) is 3.35. The molecule has 19 heavy (non-hydrogen) atoms. The summed E-state index contributed by atoms with van der Waals surface area (Å²) < 4.78 is 10.7. The molecule has 0 aromatic heterocycles. The summed E-state index contributed by atoms with van der Waals surface area (Å²) in [7, 11) is 1.60. The second-order valence-electron chi connectivity index (χ2n) is 5.97. The van der Waals surface area contributed by atoms with Gasteiger partial charge in [-0.3, -0.25) is 14.5 Å². The normalized spacial score (nSPS) is 37.4. The zero-order chi connectivity index (χ0) is 13.5. The Bertz CT molecular complexity index is 385. The summed E-state index contributed by atoms with van der Waals surface area (Å²) in [5.41, 5.74) is -0.722. The Balaban J connectivity index is 1.73. The fourth-order valence-corrected chi connectivity index (χ4v) is 3.34. The Labute approximate surface area is 113 Å². The first-order valence-electron chi connectivity index (χ1n) is 7.12. The van der Waals surface area contributed by atoms with Gasteiger partial charge in [0.2, 0.25) is 0 Å². The van der Waals surface area contributed by atoms with Gasteiger partial charge in [-0.2, -0.15) is 0 Å². The second kappa shape index (κ2) is 4.87. The summed E-state index contributed by atoms with van der Waals surface area (Å²) in [6, 6.07) is 0. The molecule has 1 aliphatic carbocycles. The van der Waals surface area contributed by atoms with Gasteiger partial charge in [0, 0.05) is 26.1 Å². The summed E-state index contributed by atoms with van der Waals surface area (Å²) in [5, 5.41) is 0. The summed E-state index contributed by atoms with van der Waals surface area (Å²) in [6.07, 6.45) is 3.72. The first-order valence-corrected chi connectivity index (χ1v) is 7.12. The maximum Gasteiger partial charge on any atom is 0.309 e. The number of fused-ring (bicyclic) bond motifs is 3. The van der Waals surface area contributed by atoms with Crippen LogP contribution in [0, 0.1) is 11.8 Å². The minimum atomic E-state index is -0.722. The van der Waals surface area contributed by atoms with Gasteiger partial charge < -0.3 is 9.47 Å². The fourth-order valence-electron chi connectivity index (χ4n) is 3.34. The topological polar surface area (TPSA) is 55.8 Å². The summed E-state index contributed by atoms with van der Waals surface area (Å²) in [4.78, 5) is 26.5. The lowest BCUT2D eigenvalue weighted by Crippen LogP contribution is -2.69. The van der Waals surface area contributed by atoms with Crippen LogP contribution in [0.1, 0.15) is 25.7 Å². The lowest BCUT2D eigenvalue weighted by molar-refractivity contribution is -0.168. The van der Waals surface area contributed by atoms with E-state index < -0.39 is 5.54 Å². The number of carbonyl (C=O) groups excluding carboxylic acids is 2. The third kappa shape index (κ3) is 2.19. The molecule has 4 rings (SSSR count). The number of Topliss-reactive ketones (excluding diaryl/α,β-unsaturated/α-hetero) is 1. The van der Waals surface area contributed by atoms with Crippen LogP contribution in [-0.4, -0.2) is 55.6 Å². The van der Waals surface area contributed by atoms with Crippen LogP contribution in [0.2, 0.25) is 0 Å². The van der Waals surface area contributed by atoms with Gasteiger partial charge >= 0.3 is 5.97 Å². The second-order valence-corrected chi connectivity index (χ2v) is 5.97. The first kappa shape index (κ1) is 13.1. The van der Waals surface area contributed by atoms with E-state index in [1.165, 1.54) is 0 Å². The van der Waals surface area contributed by atoms with E-state index >= 15 is 0 Å². The Morgan fingerprint density at radius 3 is 2.47 bits per heavy atom. The number of nitrogens with zero attached hydrogens (tertiary/aromatic N) is 1. The van der Waals surface area contributed by atoms with Crippen LogP contribution in [0.3, 0.4) is 0 Å².